The van der Waals surface area contributed by atoms with Crippen LogP contribution in [0.3, 0.4) is 0 Å². The van der Waals surface area contributed by atoms with E-state index in [1.165, 1.54) is 0 Å². The molecule has 116 valence electrons. The van der Waals surface area contributed by atoms with Crippen LogP contribution >= 0.6 is 23.4 Å². The molecule has 1 aliphatic heterocycles. The molecule has 0 radical (unpaired) electrons. The Kier molecular flexibility index (Phi) is 4.41. The number of halogens is 1. The van der Waals surface area contributed by atoms with Gasteiger partial charge in [0.15, 0.2) is 0 Å². The van der Waals surface area contributed by atoms with Crippen LogP contribution in [0, 0.1) is 0 Å². The summed E-state index contributed by atoms with van der Waals surface area (Å²) in [6, 6.07) is 13.9. The summed E-state index contributed by atoms with van der Waals surface area (Å²) in [5.41, 5.74) is 1.29. The monoisotopic (exact) mass is 345 g/mol. The zero-order chi connectivity index (χ0) is 16.4. The number of methoxy groups -OCH3 is 1. The molecule has 3 rings (SSSR count). The van der Waals surface area contributed by atoms with Gasteiger partial charge in [0.1, 0.15) is 5.75 Å². The Balaban J connectivity index is 1.89. The molecular weight excluding hydrogens is 334 g/mol. The van der Waals surface area contributed by atoms with Crippen LogP contribution < -0.4 is 9.64 Å². The molecule has 6 heteroatoms. The molecule has 1 saturated heterocycles. The standard InChI is InChI=1S/C17H12ClNO3S/c1-22-14-7-5-11(6-8-14)9-15-16(20)19(17(21)23-15)13-4-2-3-12(18)10-13/h2-10H,1H3. The molecule has 0 saturated carbocycles. The SMILES string of the molecule is COc1ccc(C=C2SC(=O)N(c3cccc(Cl)c3)C2=O)cc1. The van der Waals surface area contributed by atoms with Crippen LogP contribution in [0.2, 0.25) is 5.02 Å². The fourth-order valence-electron chi connectivity index (χ4n) is 2.16. The molecule has 2 amide bonds. The van der Waals surface area contributed by atoms with Crippen molar-refractivity contribution < 1.29 is 14.3 Å². The highest BCUT2D eigenvalue weighted by Gasteiger charge is 2.36. The van der Waals surface area contributed by atoms with Gasteiger partial charge in [0.05, 0.1) is 17.7 Å². The highest BCUT2D eigenvalue weighted by Crippen LogP contribution is 2.36. The normalized spacial score (nSPS) is 16.3. The van der Waals surface area contributed by atoms with E-state index in [9.17, 15) is 9.59 Å². The molecule has 0 N–H and O–H groups in total. The molecular formula is C17H12ClNO3S. The van der Waals surface area contributed by atoms with Crippen molar-refractivity contribution in [3.05, 3.63) is 64.0 Å². The van der Waals surface area contributed by atoms with Gasteiger partial charge in [-0.05, 0) is 53.7 Å². The van der Waals surface area contributed by atoms with Gasteiger partial charge in [-0.1, -0.05) is 29.8 Å². The van der Waals surface area contributed by atoms with Crippen LogP contribution in [0.15, 0.2) is 53.4 Å². The number of rotatable bonds is 3. The van der Waals surface area contributed by atoms with Gasteiger partial charge in [0.25, 0.3) is 11.1 Å². The third-order valence-corrected chi connectivity index (χ3v) is 4.38. The molecule has 0 unspecified atom stereocenters. The molecule has 1 fully saturated rings. The molecule has 1 heterocycles. The first-order valence-corrected chi connectivity index (χ1v) is 7.95. The predicted molar refractivity (Wildman–Crippen MR) is 92.9 cm³/mol. The van der Waals surface area contributed by atoms with Crippen molar-refractivity contribution in [3.63, 3.8) is 0 Å². The highest BCUT2D eigenvalue weighted by atomic mass is 35.5. The van der Waals surface area contributed by atoms with E-state index in [4.69, 9.17) is 16.3 Å². The van der Waals surface area contributed by atoms with Gasteiger partial charge in [-0.25, -0.2) is 4.90 Å². The zero-order valence-electron chi connectivity index (χ0n) is 12.2. The van der Waals surface area contributed by atoms with Gasteiger partial charge >= 0.3 is 0 Å². The summed E-state index contributed by atoms with van der Waals surface area (Å²) in [5.74, 6) is 0.382. The van der Waals surface area contributed by atoms with Crippen LogP contribution in [0.4, 0.5) is 10.5 Å². The molecule has 0 aromatic heterocycles. The topological polar surface area (TPSA) is 46.6 Å². The number of hydrogen-bond acceptors (Lipinski definition) is 4. The second kappa shape index (κ2) is 6.48. The van der Waals surface area contributed by atoms with E-state index >= 15 is 0 Å². The molecule has 2 aromatic carbocycles. The van der Waals surface area contributed by atoms with Gasteiger partial charge in [-0.2, -0.15) is 0 Å². The maximum absolute atomic E-state index is 12.5. The summed E-state index contributed by atoms with van der Waals surface area (Å²) >= 11 is 6.84. The second-order valence-electron chi connectivity index (χ2n) is 4.77. The quantitative estimate of drug-likeness (QED) is 0.763. The molecule has 0 atom stereocenters. The summed E-state index contributed by atoms with van der Waals surface area (Å²) in [4.78, 5) is 26.2. The van der Waals surface area contributed by atoms with Crippen LogP contribution in [0.5, 0.6) is 5.75 Å². The zero-order valence-corrected chi connectivity index (χ0v) is 13.7. The first-order chi connectivity index (χ1) is 11.1. The lowest BCUT2D eigenvalue weighted by Crippen LogP contribution is -2.27. The summed E-state index contributed by atoms with van der Waals surface area (Å²) in [5, 5.41) is 0.137. The minimum Gasteiger partial charge on any atom is -0.497 e. The van der Waals surface area contributed by atoms with E-state index in [0.29, 0.717) is 15.6 Å². The lowest BCUT2D eigenvalue weighted by atomic mass is 10.2. The van der Waals surface area contributed by atoms with E-state index in [0.717, 1.165) is 28.0 Å². The van der Waals surface area contributed by atoms with Crippen molar-refractivity contribution in [1.29, 1.82) is 0 Å². The maximum atomic E-state index is 12.5. The van der Waals surface area contributed by atoms with Crippen LogP contribution in [0.1, 0.15) is 5.56 Å². The van der Waals surface area contributed by atoms with Crippen LogP contribution in [0.25, 0.3) is 6.08 Å². The van der Waals surface area contributed by atoms with E-state index in [2.05, 4.69) is 0 Å². The summed E-state index contributed by atoms with van der Waals surface area (Å²) in [7, 11) is 1.59. The van der Waals surface area contributed by atoms with Crippen LogP contribution in [-0.2, 0) is 4.79 Å². The largest absolute Gasteiger partial charge is 0.497 e. The Labute approximate surface area is 142 Å². The molecule has 2 aromatic rings. The van der Waals surface area contributed by atoms with Gasteiger partial charge in [-0.15, -0.1) is 0 Å². The van der Waals surface area contributed by atoms with Gasteiger partial charge in [-0.3, -0.25) is 9.59 Å². The van der Waals surface area contributed by atoms with Crippen molar-refractivity contribution in [2.24, 2.45) is 0 Å². The average molecular weight is 346 g/mol. The van der Waals surface area contributed by atoms with Gasteiger partial charge in [0, 0.05) is 5.02 Å². The van der Waals surface area contributed by atoms with E-state index in [1.807, 2.05) is 12.1 Å². The number of ether oxygens (including phenoxy) is 1. The number of benzene rings is 2. The van der Waals surface area contributed by atoms with Crippen molar-refractivity contribution in [1.82, 2.24) is 0 Å². The average Bonchev–Trinajstić information content (AvgIpc) is 2.82. The lowest BCUT2D eigenvalue weighted by Gasteiger charge is -2.12. The number of imide groups is 1. The number of thioether (sulfide) groups is 1. The van der Waals surface area contributed by atoms with Crippen molar-refractivity contribution >= 4 is 46.3 Å². The predicted octanol–water partition coefficient (Wildman–Crippen LogP) is 4.59. The van der Waals surface area contributed by atoms with E-state index in [-0.39, 0.29) is 11.1 Å². The number of nitrogens with zero attached hydrogens (tertiary/aromatic N) is 1. The minimum absolute atomic E-state index is 0.336. The Hall–Kier alpha value is -2.24. The number of carbonyl (C=O) groups is 2. The first kappa shape index (κ1) is 15.6. The van der Waals surface area contributed by atoms with E-state index in [1.54, 1.807) is 49.6 Å². The fraction of sp³-hybridized carbons (Fsp3) is 0.0588. The molecule has 0 spiro atoms. The lowest BCUT2D eigenvalue weighted by molar-refractivity contribution is -0.113. The first-order valence-electron chi connectivity index (χ1n) is 6.76. The molecule has 0 bridgehead atoms. The molecule has 1 aliphatic rings. The maximum Gasteiger partial charge on any atom is 0.298 e. The number of carbonyl (C=O) groups excluding carboxylic acids is 2. The minimum atomic E-state index is -0.349. The van der Waals surface area contributed by atoms with Crippen molar-refractivity contribution in [2.75, 3.05) is 12.0 Å². The number of amides is 2. The number of hydrogen-bond donors (Lipinski definition) is 0. The summed E-state index contributed by atoms with van der Waals surface area (Å²) < 4.78 is 5.10. The Morgan fingerprint density at radius 1 is 1.13 bits per heavy atom. The highest BCUT2D eigenvalue weighted by molar-refractivity contribution is 8.19. The third kappa shape index (κ3) is 3.25. The Morgan fingerprint density at radius 3 is 2.52 bits per heavy atom. The second-order valence-corrected chi connectivity index (χ2v) is 6.20. The van der Waals surface area contributed by atoms with Gasteiger partial charge < -0.3 is 4.74 Å². The van der Waals surface area contributed by atoms with Gasteiger partial charge in [0.2, 0.25) is 0 Å². The summed E-state index contributed by atoms with van der Waals surface area (Å²) in [6.07, 6.45) is 1.69. The Morgan fingerprint density at radius 2 is 1.87 bits per heavy atom. The number of anilines is 1. The molecule has 4 nitrogen and oxygen atoms in total. The van der Waals surface area contributed by atoms with Crippen molar-refractivity contribution in [2.45, 2.75) is 0 Å². The molecule has 23 heavy (non-hydrogen) atoms. The summed E-state index contributed by atoms with van der Waals surface area (Å²) in [6.45, 7) is 0. The van der Waals surface area contributed by atoms with E-state index < -0.39 is 0 Å². The molecule has 0 aliphatic carbocycles. The third-order valence-electron chi connectivity index (χ3n) is 3.27. The smallest absolute Gasteiger partial charge is 0.298 e. The fourth-order valence-corrected chi connectivity index (χ4v) is 3.18. The Bertz CT molecular complexity index is 802. The van der Waals surface area contributed by atoms with Crippen LogP contribution in [-0.4, -0.2) is 18.3 Å². The van der Waals surface area contributed by atoms with Crippen molar-refractivity contribution in [3.8, 4) is 5.75 Å².